The lowest BCUT2D eigenvalue weighted by Gasteiger charge is -2.29. The number of hydrogen-bond acceptors (Lipinski definition) is 3. The van der Waals surface area contributed by atoms with Gasteiger partial charge in [0.2, 0.25) is 0 Å². The molecule has 0 spiro atoms. The van der Waals surface area contributed by atoms with E-state index in [0.717, 1.165) is 12.8 Å². The van der Waals surface area contributed by atoms with Gasteiger partial charge in [-0.25, -0.2) is 0 Å². The number of methoxy groups -OCH3 is 1. The minimum atomic E-state index is -0.238. The molecule has 1 aromatic carbocycles. The van der Waals surface area contributed by atoms with Crippen molar-refractivity contribution in [3.8, 4) is 0 Å². The highest BCUT2D eigenvalue weighted by atomic mass is 16.5. The molecule has 1 aromatic rings. The number of esters is 1. The van der Waals surface area contributed by atoms with Crippen molar-refractivity contribution < 1.29 is 9.53 Å². The van der Waals surface area contributed by atoms with E-state index in [0.29, 0.717) is 12.0 Å². The molecule has 3 nitrogen and oxygen atoms in total. The molecule has 0 fully saturated rings. The van der Waals surface area contributed by atoms with E-state index >= 15 is 0 Å². The number of carbonyl (C=O) groups excluding carboxylic acids is 1. The number of carbonyl (C=O) groups is 1. The highest BCUT2D eigenvalue weighted by Gasteiger charge is 2.26. The third-order valence-electron chi connectivity index (χ3n) is 3.91. The molecular weight excluding hydrogens is 262 g/mol. The molecule has 1 rings (SSSR count). The van der Waals surface area contributed by atoms with Gasteiger partial charge in [0, 0.05) is 6.04 Å². The maximum atomic E-state index is 11.9. The Bertz CT molecular complexity index is 414. The van der Waals surface area contributed by atoms with Crippen LogP contribution in [-0.4, -0.2) is 25.2 Å². The van der Waals surface area contributed by atoms with Crippen LogP contribution in [0.4, 0.5) is 0 Å². The van der Waals surface area contributed by atoms with Crippen LogP contribution in [0.1, 0.15) is 39.7 Å². The van der Waals surface area contributed by atoms with Crippen molar-refractivity contribution in [2.45, 2.75) is 52.6 Å². The molecule has 21 heavy (non-hydrogen) atoms. The molecular formula is C18H29NO2. The van der Waals surface area contributed by atoms with Gasteiger partial charge in [0.15, 0.2) is 0 Å². The summed E-state index contributed by atoms with van der Waals surface area (Å²) in [5, 5.41) is 3.50. The van der Waals surface area contributed by atoms with E-state index in [-0.39, 0.29) is 17.9 Å². The second-order valence-corrected chi connectivity index (χ2v) is 6.29. The first kappa shape index (κ1) is 17.7. The van der Waals surface area contributed by atoms with Crippen LogP contribution in [0.25, 0.3) is 0 Å². The lowest BCUT2D eigenvalue weighted by atomic mass is 9.94. The molecule has 2 atom stereocenters. The predicted octanol–water partition coefficient (Wildman–Crippen LogP) is 3.43. The van der Waals surface area contributed by atoms with Crippen molar-refractivity contribution >= 4 is 5.97 Å². The van der Waals surface area contributed by atoms with Crippen LogP contribution in [0.2, 0.25) is 0 Å². The summed E-state index contributed by atoms with van der Waals surface area (Å²) in [5.74, 6) is 0.519. The lowest BCUT2D eigenvalue weighted by Crippen LogP contribution is -2.49. The maximum absolute atomic E-state index is 11.9. The van der Waals surface area contributed by atoms with Gasteiger partial charge >= 0.3 is 5.97 Å². The van der Waals surface area contributed by atoms with Crippen molar-refractivity contribution in [3.63, 3.8) is 0 Å². The lowest BCUT2D eigenvalue weighted by molar-refractivity contribution is -0.144. The summed E-state index contributed by atoms with van der Waals surface area (Å²) in [6.45, 7) is 8.47. The van der Waals surface area contributed by atoms with Crippen molar-refractivity contribution in [3.05, 3.63) is 35.9 Å². The number of nitrogens with one attached hydrogen (secondary N) is 1. The van der Waals surface area contributed by atoms with Gasteiger partial charge in [0.05, 0.1) is 7.11 Å². The van der Waals surface area contributed by atoms with E-state index in [1.807, 2.05) is 19.9 Å². The monoisotopic (exact) mass is 291 g/mol. The summed E-state index contributed by atoms with van der Waals surface area (Å²) in [6.07, 6.45) is 2.03. The Morgan fingerprint density at radius 2 is 1.71 bits per heavy atom. The minimum absolute atomic E-state index is 0.171. The first-order valence-electron chi connectivity index (χ1n) is 7.83. The third-order valence-corrected chi connectivity index (χ3v) is 3.91. The normalized spacial score (nSPS) is 14.2. The van der Waals surface area contributed by atoms with Gasteiger partial charge in [0.25, 0.3) is 0 Å². The van der Waals surface area contributed by atoms with E-state index in [1.165, 1.54) is 12.7 Å². The van der Waals surface area contributed by atoms with E-state index in [2.05, 4.69) is 43.4 Å². The standard InChI is InChI=1S/C18H29NO2/c1-13(2)16(12-11-15-9-7-6-8-10-15)19-17(14(3)4)18(20)21-5/h6-10,13-14,16-17,19H,11-12H2,1-5H3/t16-,17-/m0/s1. The molecule has 0 aliphatic carbocycles. The molecule has 0 aromatic heterocycles. The highest BCUT2D eigenvalue weighted by molar-refractivity contribution is 5.75. The van der Waals surface area contributed by atoms with Crippen molar-refractivity contribution in [1.82, 2.24) is 5.32 Å². The Labute approximate surface area is 129 Å². The van der Waals surface area contributed by atoms with Crippen LogP contribution in [0.3, 0.4) is 0 Å². The van der Waals surface area contributed by atoms with Crippen LogP contribution in [0.15, 0.2) is 30.3 Å². The van der Waals surface area contributed by atoms with E-state index in [4.69, 9.17) is 4.74 Å². The van der Waals surface area contributed by atoms with Crippen molar-refractivity contribution in [1.29, 1.82) is 0 Å². The van der Waals surface area contributed by atoms with Gasteiger partial charge < -0.3 is 10.1 Å². The average Bonchev–Trinajstić information content (AvgIpc) is 2.47. The molecule has 0 saturated heterocycles. The molecule has 118 valence electrons. The Balaban J connectivity index is 2.66. The van der Waals surface area contributed by atoms with Gasteiger partial charge in [0.1, 0.15) is 6.04 Å². The minimum Gasteiger partial charge on any atom is -0.468 e. The van der Waals surface area contributed by atoms with Gasteiger partial charge in [-0.3, -0.25) is 4.79 Å². The first-order chi connectivity index (χ1) is 9.95. The van der Waals surface area contributed by atoms with Crippen LogP contribution < -0.4 is 5.32 Å². The van der Waals surface area contributed by atoms with E-state index in [9.17, 15) is 4.79 Å². The van der Waals surface area contributed by atoms with E-state index < -0.39 is 0 Å². The molecule has 0 heterocycles. The zero-order valence-electron chi connectivity index (χ0n) is 13.9. The molecule has 0 saturated carbocycles. The number of aryl methyl sites for hydroxylation is 1. The van der Waals surface area contributed by atoms with E-state index in [1.54, 1.807) is 0 Å². The van der Waals surface area contributed by atoms with Crippen LogP contribution in [-0.2, 0) is 16.0 Å². The molecule has 1 N–H and O–H groups in total. The highest BCUT2D eigenvalue weighted by Crippen LogP contribution is 2.14. The fourth-order valence-electron chi connectivity index (χ4n) is 2.47. The Morgan fingerprint density at radius 3 is 2.19 bits per heavy atom. The summed E-state index contributed by atoms with van der Waals surface area (Å²) in [5.41, 5.74) is 1.34. The molecule has 0 amide bonds. The third kappa shape index (κ3) is 5.88. The fourth-order valence-corrected chi connectivity index (χ4v) is 2.47. The molecule has 0 radical (unpaired) electrons. The summed E-state index contributed by atoms with van der Waals surface area (Å²) in [7, 11) is 1.45. The molecule has 0 bridgehead atoms. The number of ether oxygens (including phenoxy) is 1. The van der Waals surface area contributed by atoms with Gasteiger partial charge in [-0.2, -0.15) is 0 Å². The second-order valence-electron chi connectivity index (χ2n) is 6.29. The molecule has 3 heteroatoms. The van der Waals surface area contributed by atoms with Gasteiger partial charge in [-0.05, 0) is 30.2 Å². The average molecular weight is 291 g/mol. The van der Waals surface area contributed by atoms with Crippen LogP contribution >= 0.6 is 0 Å². The summed E-state index contributed by atoms with van der Waals surface area (Å²) >= 11 is 0. The maximum Gasteiger partial charge on any atom is 0.323 e. The van der Waals surface area contributed by atoms with Gasteiger partial charge in [-0.15, -0.1) is 0 Å². The largest absolute Gasteiger partial charge is 0.468 e. The molecule has 0 aliphatic rings. The zero-order valence-corrected chi connectivity index (χ0v) is 13.9. The quantitative estimate of drug-likeness (QED) is 0.746. The number of hydrogen-bond donors (Lipinski definition) is 1. The zero-order chi connectivity index (χ0) is 15.8. The topological polar surface area (TPSA) is 38.3 Å². The molecule has 0 aliphatic heterocycles. The summed E-state index contributed by atoms with van der Waals surface area (Å²) in [4.78, 5) is 11.9. The fraction of sp³-hybridized carbons (Fsp3) is 0.611. The van der Waals surface area contributed by atoms with Gasteiger partial charge in [-0.1, -0.05) is 58.0 Å². The smallest absolute Gasteiger partial charge is 0.323 e. The van der Waals surface area contributed by atoms with Crippen molar-refractivity contribution in [2.75, 3.05) is 7.11 Å². The van der Waals surface area contributed by atoms with Crippen LogP contribution in [0, 0.1) is 11.8 Å². The Kier molecular flexibility index (Phi) is 7.44. The summed E-state index contributed by atoms with van der Waals surface area (Å²) < 4.78 is 4.92. The van der Waals surface area contributed by atoms with Crippen LogP contribution in [0.5, 0.6) is 0 Å². The number of benzene rings is 1. The number of rotatable bonds is 8. The second kappa shape index (κ2) is 8.83. The van der Waals surface area contributed by atoms with Crippen molar-refractivity contribution in [2.24, 2.45) is 11.8 Å². The SMILES string of the molecule is COC(=O)[C@@H](N[C@@H](CCc1ccccc1)C(C)C)C(C)C. The predicted molar refractivity (Wildman–Crippen MR) is 87.2 cm³/mol. The first-order valence-corrected chi connectivity index (χ1v) is 7.83. The molecule has 0 unspecified atom stereocenters. The Hall–Kier alpha value is -1.35. The summed E-state index contributed by atoms with van der Waals surface area (Å²) in [6, 6.07) is 10.5. The Morgan fingerprint density at radius 1 is 1.10 bits per heavy atom.